The maximum absolute atomic E-state index is 13.4. The summed E-state index contributed by atoms with van der Waals surface area (Å²) >= 11 is 0. The van der Waals surface area contributed by atoms with E-state index >= 15 is 0 Å². The molecule has 0 saturated heterocycles. The molecule has 0 aromatic carbocycles. The van der Waals surface area contributed by atoms with Gasteiger partial charge in [-0.15, -0.1) is 0 Å². The number of hydrogen-bond acceptors (Lipinski definition) is 1. The fourth-order valence-electron chi connectivity index (χ4n) is 1.64. The molecule has 0 rings (SSSR count). The Labute approximate surface area is 118 Å². The zero-order valence-corrected chi connectivity index (χ0v) is 13.0. The fourth-order valence-corrected chi connectivity index (χ4v) is 1.64. The number of nitrogens with one attached hydrogen (secondary N) is 1. The number of alkyl halides is 1. The van der Waals surface area contributed by atoms with Crippen LogP contribution in [0.15, 0.2) is 47.7 Å². The summed E-state index contributed by atoms with van der Waals surface area (Å²) in [5.41, 5.74) is 1.34. The number of halogens is 1. The van der Waals surface area contributed by atoms with Crippen molar-refractivity contribution >= 4 is 0 Å². The third-order valence-corrected chi connectivity index (χ3v) is 2.65. The van der Waals surface area contributed by atoms with Crippen LogP contribution in [0.4, 0.5) is 4.39 Å². The van der Waals surface area contributed by atoms with Crippen molar-refractivity contribution in [3.8, 4) is 0 Å². The van der Waals surface area contributed by atoms with Crippen LogP contribution in [-0.4, -0.2) is 12.7 Å². The highest BCUT2D eigenvalue weighted by Gasteiger charge is 2.11. The van der Waals surface area contributed by atoms with E-state index in [9.17, 15) is 4.39 Å². The van der Waals surface area contributed by atoms with Gasteiger partial charge in [-0.25, -0.2) is 4.39 Å². The minimum absolute atomic E-state index is 0.438. The van der Waals surface area contributed by atoms with Gasteiger partial charge in [0.25, 0.3) is 0 Å². The molecule has 0 heterocycles. The Balaban J connectivity index is 4.63. The summed E-state index contributed by atoms with van der Waals surface area (Å²) in [6.07, 6.45) is 14.6. The summed E-state index contributed by atoms with van der Waals surface area (Å²) in [6.45, 7) is 7.37. The minimum Gasteiger partial charge on any atom is -0.394 e. The molecular formula is C17H28FN. The molecule has 108 valence electrons. The monoisotopic (exact) mass is 265 g/mol. The normalized spacial score (nSPS) is 14.6. The van der Waals surface area contributed by atoms with Gasteiger partial charge in [0.05, 0.1) is 0 Å². The molecule has 19 heavy (non-hydrogen) atoms. The molecule has 0 aliphatic heterocycles. The summed E-state index contributed by atoms with van der Waals surface area (Å²) in [5, 5.41) is 3.03. The summed E-state index contributed by atoms with van der Waals surface area (Å²) in [7, 11) is 1.88. The van der Waals surface area contributed by atoms with E-state index in [4.69, 9.17) is 0 Å². The molecule has 0 aromatic heterocycles. The Morgan fingerprint density at radius 1 is 1.21 bits per heavy atom. The van der Waals surface area contributed by atoms with Crippen molar-refractivity contribution in [2.45, 2.75) is 52.6 Å². The Morgan fingerprint density at radius 3 is 2.37 bits per heavy atom. The maximum Gasteiger partial charge on any atom is 0.109 e. The molecule has 0 radical (unpaired) electrons. The summed E-state index contributed by atoms with van der Waals surface area (Å²) in [6, 6.07) is 0. The lowest BCUT2D eigenvalue weighted by atomic mass is 10.0. The molecule has 0 aliphatic rings. The first kappa shape index (κ1) is 17.7. The van der Waals surface area contributed by atoms with Crippen LogP contribution in [0.2, 0.25) is 0 Å². The average Bonchev–Trinajstić information content (AvgIpc) is 2.32. The van der Waals surface area contributed by atoms with E-state index in [0.29, 0.717) is 6.42 Å². The summed E-state index contributed by atoms with van der Waals surface area (Å²) in [5.74, 6) is 0. The first-order valence-electron chi connectivity index (χ1n) is 6.96. The van der Waals surface area contributed by atoms with Crippen LogP contribution in [0, 0.1) is 0 Å². The van der Waals surface area contributed by atoms with Crippen LogP contribution in [-0.2, 0) is 0 Å². The lowest BCUT2D eigenvalue weighted by Gasteiger charge is -2.10. The van der Waals surface area contributed by atoms with Gasteiger partial charge in [0.1, 0.15) is 5.67 Å². The highest BCUT2D eigenvalue weighted by molar-refractivity contribution is 5.26. The van der Waals surface area contributed by atoms with Gasteiger partial charge in [0.2, 0.25) is 0 Å². The molecule has 0 unspecified atom stereocenters. The van der Waals surface area contributed by atoms with Crippen molar-refractivity contribution in [3.63, 3.8) is 0 Å². The smallest absolute Gasteiger partial charge is 0.109 e. The Bertz CT molecular complexity index is 354. The van der Waals surface area contributed by atoms with Gasteiger partial charge in [-0.05, 0) is 51.8 Å². The van der Waals surface area contributed by atoms with E-state index < -0.39 is 5.67 Å². The molecule has 0 spiro atoms. The van der Waals surface area contributed by atoms with E-state index in [2.05, 4.69) is 30.5 Å². The molecule has 2 heteroatoms. The van der Waals surface area contributed by atoms with Crippen molar-refractivity contribution in [2.24, 2.45) is 0 Å². The third kappa shape index (κ3) is 10.3. The topological polar surface area (TPSA) is 12.0 Å². The SMILES string of the molecule is C/C=C\C(=C/CC(/C=C\CC(C)(C)F)=C/NC)CC. The van der Waals surface area contributed by atoms with E-state index in [1.807, 2.05) is 32.3 Å². The van der Waals surface area contributed by atoms with E-state index in [1.165, 1.54) is 5.57 Å². The number of rotatable bonds is 8. The molecule has 0 aromatic rings. The second kappa shape index (κ2) is 9.60. The minimum atomic E-state index is -1.14. The second-order valence-corrected chi connectivity index (χ2v) is 5.17. The largest absolute Gasteiger partial charge is 0.394 e. The lowest BCUT2D eigenvalue weighted by Crippen LogP contribution is -2.09. The zero-order chi connectivity index (χ0) is 14.7. The van der Waals surface area contributed by atoms with Gasteiger partial charge in [-0.2, -0.15) is 0 Å². The molecule has 0 fully saturated rings. The lowest BCUT2D eigenvalue weighted by molar-refractivity contribution is 0.221. The zero-order valence-electron chi connectivity index (χ0n) is 13.0. The standard InChI is InChI=1S/C17H28FN/c1-6-9-15(7-2)11-12-16(14-19-5)10-8-13-17(3,4)18/h6,8-11,14,19H,7,12-13H2,1-5H3/b9-6-,10-8-,15-11-,16-14+. The molecular weight excluding hydrogens is 237 g/mol. The molecule has 0 bridgehead atoms. The molecule has 0 saturated carbocycles. The highest BCUT2D eigenvalue weighted by atomic mass is 19.1. The van der Waals surface area contributed by atoms with Crippen LogP contribution in [0.25, 0.3) is 0 Å². The number of hydrogen-bond donors (Lipinski definition) is 1. The quantitative estimate of drug-likeness (QED) is 0.603. The van der Waals surface area contributed by atoms with Crippen molar-refractivity contribution in [2.75, 3.05) is 7.05 Å². The molecule has 1 nitrogen and oxygen atoms in total. The maximum atomic E-state index is 13.4. The summed E-state index contributed by atoms with van der Waals surface area (Å²) < 4.78 is 13.4. The Morgan fingerprint density at radius 2 is 1.89 bits per heavy atom. The second-order valence-electron chi connectivity index (χ2n) is 5.17. The van der Waals surface area contributed by atoms with Gasteiger partial charge >= 0.3 is 0 Å². The Hall–Kier alpha value is -1.31. The van der Waals surface area contributed by atoms with Gasteiger partial charge < -0.3 is 5.32 Å². The average molecular weight is 265 g/mol. The molecule has 1 N–H and O–H groups in total. The van der Waals surface area contributed by atoms with E-state index in [-0.39, 0.29) is 0 Å². The summed E-state index contributed by atoms with van der Waals surface area (Å²) in [4.78, 5) is 0. The Kier molecular flexibility index (Phi) is 8.94. The first-order valence-corrected chi connectivity index (χ1v) is 6.96. The third-order valence-electron chi connectivity index (χ3n) is 2.65. The molecule has 0 amide bonds. The molecule has 0 aliphatic carbocycles. The molecule has 0 atom stereocenters. The van der Waals surface area contributed by atoms with Crippen molar-refractivity contribution < 1.29 is 4.39 Å². The van der Waals surface area contributed by atoms with Crippen LogP contribution in [0.3, 0.4) is 0 Å². The van der Waals surface area contributed by atoms with Gasteiger partial charge in [-0.1, -0.05) is 42.9 Å². The van der Waals surface area contributed by atoms with Crippen LogP contribution < -0.4 is 5.32 Å². The predicted octanol–water partition coefficient (Wildman–Crippen LogP) is 5.09. The van der Waals surface area contributed by atoms with E-state index in [1.54, 1.807) is 13.8 Å². The predicted molar refractivity (Wildman–Crippen MR) is 83.9 cm³/mol. The van der Waals surface area contributed by atoms with Crippen LogP contribution in [0.1, 0.15) is 47.0 Å². The highest BCUT2D eigenvalue weighted by Crippen LogP contribution is 2.16. The number of allylic oxidation sites excluding steroid dienone is 7. The van der Waals surface area contributed by atoms with Gasteiger partial charge in [0, 0.05) is 7.05 Å². The van der Waals surface area contributed by atoms with Gasteiger partial charge in [0.15, 0.2) is 0 Å². The van der Waals surface area contributed by atoms with Crippen LogP contribution >= 0.6 is 0 Å². The fraction of sp³-hybridized carbons (Fsp3) is 0.529. The van der Waals surface area contributed by atoms with Crippen LogP contribution in [0.5, 0.6) is 0 Å². The van der Waals surface area contributed by atoms with Gasteiger partial charge in [-0.3, -0.25) is 0 Å². The van der Waals surface area contributed by atoms with Crippen molar-refractivity contribution in [3.05, 3.63) is 47.7 Å². The van der Waals surface area contributed by atoms with Crippen molar-refractivity contribution in [1.82, 2.24) is 5.32 Å². The van der Waals surface area contributed by atoms with E-state index in [0.717, 1.165) is 18.4 Å². The first-order chi connectivity index (χ1) is 8.92. The van der Waals surface area contributed by atoms with Crippen molar-refractivity contribution in [1.29, 1.82) is 0 Å².